The fourth-order valence-electron chi connectivity index (χ4n) is 3.43. The van der Waals surface area contributed by atoms with Gasteiger partial charge in [0, 0.05) is 27.7 Å². The van der Waals surface area contributed by atoms with E-state index < -0.39 is 0 Å². The molecule has 5 nitrogen and oxygen atoms in total. The van der Waals surface area contributed by atoms with Gasteiger partial charge in [-0.25, -0.2) is 0 Å². The zero-order valence-corrected chi connectivity index (χ0v) is 19.9. The van der Waals surface area contributed by atoms with E-state index in [4.69, 9.17) is 34.8 Å². The van der Waals surface area contributed by atoms with Gasteiger partial charge in [-0.05, 0) is 48.7 Å². The molecule has 0 fully saturated rings. The number of benzene rings is 3. The number of carbonyl (C=O) groups excluding carboxylic acids is 1. The maximum atomic E-state index is 12.5. The van der Waals surface area contributed by atoms with Crippen LogP contribution in [0.1, 0.15) is 12.0 Å². The van der Waals surface area contributed by atoms with E-state index in [0.717, 1.165) is 18.4 Å². The standard InChI is InChI=1S/C25H21Cl3N4O/c26-19-10-8-18(9-11-19)24-25(21-13-12-20(27)15-22(21)28)31-32(30-24)16-23(33)29-14-4-7-17-5-2-1-3-6-17/h1-3,5-6,8-13,15H,4,7,14,16H2,(H,29,33). The van der Waals surface area contributed by atoms with Crippen LogP contribution in [0.15, 0.2) is 72.8 Å². The first kappa shape index (κ1) is 23.3. The lowest BCUT2D eigenvalue weighted by atomic mass is 10.1. The average Bonchev–Trinajstić information content (AvgIpc) is 3.21. The summed E-state index contributed by atoms with van der Waals surface area (Å²) in [5, 5.41) is 13.7. The largest absolute Gasteiger partial charge is 0.354 e. The predicted molar refractivity (Wildman–Crippen MR) is 134 cm³/mol. The normalized spacial score (nSPS) is 10.9. The van der Waals surface area contributed by atoms with Crippen molar-refractivity contribution in [3.63, 3.8) is 0 Å². The summed E-state index contributed by atoms with van der Waals surface area (Å²) in [7, 11) is 0. The molecule has 0 radical (unpaired) electrons. The topological polar surface area (TPSA) is 59.8 Å². The highest BCUT2D eigenvalue weighted by Crippen LogP contribution is 2.35. The smallest absolute Gasteiger partial charge is 0.243 e. The molecule has 1 N–H and O–H groups in total. The van der Waals surface area contributed by atoms with Crippen LogP contribution in [0.2, 0.25) is 15.1 Å². The third-order valence-corrected chi connectivity index (χ3v) is 5.85. The maximum absolute atomic E-state index is 12.5. The van der Waals surface area contributed by atoms with Gasteiger partial charge in [-0.3, -0.25) is 4.79 Å². The van der Waals surface area contributed by atoms with E-state index in [1.165, 1.54) is 10.4 Å². The van der Waals surface area contributed by atoms with Crippen LogP contribution >= 0.6 is 34.8 Å². The average molecular weight is 500 g/mol. The van der Waals surface area contributed by atoms with Crippen LogP contribution in [0, 0.1) is 0 Å². The number of hydrogen-bond donors (Lipinski definition) is 1. The number of aryl methyl sites for hydroxylation is 1. The summed E-state index contributed by atoms with van der Waals surface area (Å²) in [6.07, 6.45) is 1.75. The highest BCUT2D eigenvalue weighted by molar-refractivity contribution is 6.36. The van der Waals surface area contributed by atoms with Crippen molar-refractivity contribution in [2.75, 3.05) is 6.54 Å². The molecule has 1 aromatic heterocycles. The predicted octanol–water partition coefficient (Wildman–Crippen LogP) is 6.32. The van der Waals surface area contributed by atoms with Crippen LogP contribution in [0.25, 0.3) is 22.5 Å². The van der Waals surface area contributed by atoms with Crippen LogP contribution in [0.5, 0.6) is 0 Å². The Bertz CT molecular complexity index is 1240. The van der Waals surface area contributed by atoms with E-state index in [2.05, 4.69) is 27.6 Å². The van der Waals surface area contributed by atoms with Crippen molar-refractivity contribution in [2.24, 2.45) is 0 Å². The fourth-order valence-corrected chi connectivity index (χ4v) is 4.06. The van der Waals surface area contributed by atoms with E-state index in [0.29, 0.717) is 38.6 Å². The minimum absolute atomic E-state index is 0.00284. The molecule has 0 unspecified atom stereocenters. The number of amides is 1. The summed E-state index contributed by atoms with van der Waals surface area (Å²) in [5.74, 6) is -0.158. The highest BCUT2D eigenvalue weighted by Gasteiger charge is 2.19. The van der Waals surface area contributed by atoms with E-state index in [1.807, 2.05) is 30.3 Å². The van der Waals surface area contributed by atoms with Crippen molar-refractivity contribution >= 4 is 40.7 Å². The SMILES string of the molecule is O=C(Cn1nc(-c2ccc(Cl)cc2)c(-c2ccc(Cl)cc2Cl)n1)NCCCc1ccccc1. The number of halogens is 3. The van der Waals surface area contributed by atoms with E-state index >= 15 is 0 Å². The van der Waals surface area contributed by atoms with E-state index in [1.54, 1.807) is 30.3 Å². The molecule has 8 heteroatoms. The van der Waals surface area contributed by atoms with Crippen LogP contribution in [0.4, 0.5) is 0 Å². The van der Waals surface area contributed by atoms with Gasteiger partial charge in [-0.15, -0.1) is 0 Å². The Morgan fingerprint density at radius 2 is 1.55 bits per heavy atom. The van der Waals surface area contributed by atoms with Crippen molar-refractivity contribution in [3.8, 4) is 22.5 Å². The van der Waals surface area contributed by atoms with E-state index in [-0.39, 0.29) is 12.5 Å². The third kappa shape index (κ3) is 6.14. The van der Waals surface area contributed by atoms with Crippen molar-refractivity contribution in [1.29, 1.82) is 0 Å². The summed E-state index contributed by atoms with van der Waals surface area (Å²) < 4.78 is 0. The molecule has 1 heterocycles. The van der Waals surface area contributed by atoms with Gasteiger partial charge in [0.1, 0.15) is 17.9 Å². The first-order chi connectivity index (χ1) is 16.0. The maximum Gasteiger partial charge on any atom is 0.243 e. The number of nitrogens with zero attached hydrogens (tertiary/aromatic N) is 3. The molecule has 0 atom stereocenters. The Morgan fingerprint density at radius 1 is 0.848 bits per heavy atom. The summed E-state index contributed by atoms with van der Waals surface area (Å²) in [5.41, 5.74) is 3.91. The molecular weight excluding hydrogens is 479 g/mol. The van der Waals surface area contributed by atoms with Crippen LogP contribution < -0.4 is 5.32 Å². The van der Waals surface area contributed by atoms with Gasteiger partial charge in [0.15, 0.2) is 0 Å². The lowest BCUT2D eigenvalue weighted by Crippen LogP contribution is -2.29. The molecule has 0 aliphatic heterocycles. The van der Waals surface area contributed by atoms with Crippen molar-refractivity contribution in [2.45, 2.75) is 19.4 Å². The van der Waals surface area contributed by atoms with Crippen molar-refractivity contribution in [1.82, 2.24) is 20.3 Å². The molecule has 0 aliphatic rings. The van der Waals surface area contributed by atoms with Gasteiger partial charge in [-0.1, -0.05) is 77.3 Å². The van der Waals surface area contributed by atoms with Crippen LogP contribution in [0.3, 0.4) is 0 Å². The molecular formula is C25H21Cl3N4O. The molecule has 4 rings (SSSR count). The van der Waals surface area contributed by atoms with E-state index in [9.17, 15) is 4.79 Å². The zero-order valence-electron chi connectivity index (χ0n) is 17.6. The molecule has 3 aromatic carbocycles. The van der Waals surface area contributed by atoms with Gasteiger partial charge in [0.05, 0.1) is 5.02 Å². The number of carbonyl (C=O) groups is 1. The van der Waals surface area contributed by atoms with Crippen LogP contribution in [-0.2, 0) is 17.8 Å². The Labute approximate surface area is 207 Å². The first-order valence-electron chi connectivity index (χ1n) is 10.5. The second-order valence-corrected chi connectivity index (χ2v) is 8.78. The fraction of sp³-hybridized carbons (Fsp3) is 0.160. The summed E-state index contributed by atoms with van der Waals surface area (Å²) in [4.78, 5) is 13.9. The molecule has 33 heavy (non-hydrogen) atoms. The molecule has 0 aliphatic carbocycles. The Balaban J connectivity index is 1.50. The summed E-state index contributed by atoms with van der Waals surface area (Å²) in [6, 6.07) is 22.6. The lowest BCUT2D eigenvalue weighted by molar-refractivity contribution is -0.122. The molecule has 0 saturated carbocycles. The van der Waals surface area contributed by atoms with Crippen molar-refractivity contribution < 1.29 is 4.79 Å². The van der Waals surface area contributed by atoms with Gasteiger partial charge in [0.2, 0.25) is 5.91 Å². The Hall–Kier alpha value is -2.86. The number of aromatic nitrogens is 3. The van der Waals surface area contributed by atoms with Gasteiger partial charge >= 0.3 is 0 Å². The second-order valence-electron chi connectivity index (χ2n) is 7.50. The number of hydrogen-bond acceptors (Lipinski definition) is 3. The minimum atomic E-state index is -0.158. The van der Waals surface area contributed by atoms with Gasteiger partial charge in [0.25, 0.3) is 0 Å². The number of nitrogens with one attached hydrogen (secondary N) is 1. The molecule has 0 bridgehead atoms. The summed E-state index contributed by atoms with van der Waals surface area (Å²) >= 11 is 18.5. The number of rotatable bonds is 8. The molecule has 1 amide bonds. The summed E-state index contributed by atoms with van der Waals surface area (Å²) in [6.45, 7) is 0.575. The third-order valence-electron chi connectivity index (χ3n) is 5.05. The zero-order chi connectivity index (χ0) is 23.2. The van der Waals surface area contributed by atoms with Gasteiger partial charge < -0.3 is 5.32 Å². The molecule has 0 saturated heterocycles. The quantitative estimate of drug-likeness (QED) is 0.289. The lowest BCUT2D eigenvalue weighted by Gasteiger charge is -2.05. The minimum Gasteiger partial charge on any atom is -0.354 e. The van der Waals surface area contributed by atoms with Crippen molar-refractivity contribution in [3.05, 3.63) is 93.4 Å². The molecule has 168 valence electrons. The first-order valence-corrected chi connectivity index (χ1v) is 11.6. The Morgan fingerprint density at radius 3 is 2.27 bits per heavy atom. The molecule has 0 spiro atoms. The second kappa shape index (κ2) is 10.8. The monoisotopic (exact) mass is 498 g/mol. The molecule has 4 aromatic rings. The Kier molecular flexibility index (Phi) is 7.65. The highest BCUT2D eigenvalue weighted by atomic mass is 35.5. The van der Waals surface area contributed by atoms with Gasteiger partial charge in [-0.2, -0.15) is 15.0 Å². The van der Waals surface area contributed by atoms with Crippen LogP contribution in [-0.4, -0.2) is 27.4 Å².